The van der Waals surface area contributed by atoms with E-state index in [1.165, 1.54) is 48.5 Å². The van der Waals surface area contributed by atoms with Gasteiger partial charge in [0.25, 0.3) is 17.5 Å². The standard InChI is InChI=1S/C26H18N6O8/c33-25(27-17-6-2-1-3-7-17)16-10-12-18(13-11-16)28-26(34)20-8-4-5-9-21(20)29-24-22(31(37)38)14-19(30(35)36)15-23(24)32(39)40/h1-15,29H,(H,27,33)(H,28,34). The van der Waals surface area contributed by atoms with Crippen molar-refractivity contribution < 1.29 is 24.4 Å². The summed E-state index contributed by atoms with van der Waals surface area (Å²) < 4.78 is 0. The van der Waals surface area contributed by atoms with E-state index < -0.39 is 43.4 Å². The second kappa shape index (κ2) is 11.5. The Morgan fingerprint density at radius 1 is 0.600 bits per heavy atom. The summed E-state index contributed by atoms with van der Waals surface area (Å²) in [7, 11) is 0. The molecule has 0 fully saturated rings. The van der Waals surface area contributed by atoms with Crippen LogP contribution in [0.2, 0.25) is 0 Å². The highest BCUT2D eigenvalue weighted by atomic mass is 16.6. The third-order valence-corrected chi connectivity index (χ3v) is 5.55. The molecule has 200 valence electrons. The van der Waals surface area contributed by atoms with Crippen LogP contribution in [-0.4, -0.2) is 26.6 Å². The lowest BCUT2D eigenvalue weighted by Gasteiger charge is -2.13. The predicted octanol–water partition coefficient (Wildman–Crippen LogP) is 5.66. The van der Waals surface area contributed by atoms with E-state index >= 15 is 0 Å². The molecule has 14 nitrogen and oxygen atoms in total. The molecule has 4 rings (SSSR count). The Bertz CT molecular complexity index is 1610. The zero-order valence-electron chi connectivity index (χ0n) is 20.3. The topological polar surface area (TPSA) is 200 Å². The normalized spacial score (nSPS) is 10.3. The second-order valence-corrected chi connectivity index (χ2v) is 8.15. The second-order valence-electron chi connectivity index (χ2n) is 8.15. The smallest absolute Gasteiger partial charge is 0.306 e. The van der Waals surface area contributed by atoms with Gasteiger partial charge in [0.15, 0.2) is 5.69 Å². The van der Waals surface area contributed by atoms with Gasteiger partial charge in [0.2, 0.25) is 0 Å². The fourth-order valence-corrected chi connectivity index (χ4v) is 3.67. The van der Waals surface area contributed by atoms with Gasteiger partial charge in [-0.1, -0.05) is 30.3 Å². The van der Waals surface area contributed by atoms with Gasteiger partial charge in [-0.25, -0.2) is 0 Å². The van der Waals surface area contributed by atoms with E-state index in [1.54, 1.807) is 24.3 Å². The van der Waals surface area contributed by atoms with Crippen LogP contribution in [0.15, 0.2) is 91.0 Å². The van der Waals surface area contributed by atoms with Crippen molar-refractivity contribution in [3.8, 4) is 0 Å². The Hall–Kier alpha value is -6.18. The zero-order valence-corrected chi connectivity index (χ0v) is 20.3. The molecule has 3 N–H and O–H groups in total. The highest BCUT2D eigenvalue weighted by molar-refractivity contribution is 6.09. The minimum Gasteiger partial charge on any atom is -0.344 e. The monoisotopic (exact) mass is 542 g/mol. The summed E-state index contributed by atoms with van der Waals surface area (Å²) in [5.74, 6) is -1.03. The first kappa shape index (κ1) is 26.9. The van der Waals surface area contributed by atoms with Crippen LogP contribution in [-0.2, 0) is 0 Å². The van der Waals surface area contributed by atoms with E-state index in [4.69, 9.17) is 0 Å². The molecule has 0 bridgehead atoms. The van der Waals surface area contributed by atoms with Crippen molar-refractivity contribution in [3.63, 3.8) is 0 Å². The lowest BCUT2D eigenvalue weighted by molar-refractivity contribution is -0.401. The molecule has 0 atom stereocenters. The van der Waals surface area contributed by atoms with Crippen LogP contribution < -0.4 is 16.0 Å². The number of benzene rings is 4. The van der Waals surface area contributed by atoms with Crippen molar-refractivity contribution in [1.29, 1.82) is 0 Å². The van der Waals surface area contributed by atoms with Crippen molar-refractivity contribution >= 4 is 51.6 Å². The van der Waals surface area contributed by atoms with Crippen LogP contribution in [0.5, 0.6) is 0 Å². The molecule has 4 aromatic carbocycles. The molecular formula is C26H18N6O8. The molecule has 0 radical (unpaired) electrons. The fourth-order valence-electron chi connectivity index (χ4n) is 3.67. The number of nitro groups is 3. The number of carbonyl (C=O) groups excluding carboxylic acids is 2. The van der Waals surface area contributed by atoms with Crippen LogP contribution in [0.1, 0.15) is 20.7 Å². The molecule has 2 amide bonds. The van der Waals surface area contributed by atoms with Crippen molar-refractivity contribution in [2.24, 2.45) is 0 Å². The number of nitrogens with one attached hydrogen (secondary N) is 3. The number of hydrogen-bond acceptors (Lipinski definition) is 9. The van der Waals surface area contributed by atoms with Gasteiger partial charge < -0.3 is 16.0 Å². The van der Waals surface area contributed by atoms with E-state index in [0.29, 0.717) is 29.1 Å². The molecule has 0 unspecified atom stereocenters. The molecule has 0 aliphatic rings. The van der Waals surface area contributed by atoms with Gasteiger partial charge >= 0.3 is 11.4 Å². The van der Waals surface area contributed by atoms with Crippen LogP contribution >= 0.6 is 0 Å². The maximum atomic E-state index is 13.1. The Kier molecular flexibility index (Phi) is 7.71. The first-order chi connectivity index (χ1) is 19.1. The number of anilines is 4. The van der Waals surface area contributed by atoms with E-state index in [0.717, 1.165) is 0 Å². The third-order valence-electron chi connectivity index (χ3n) is 5.55. The summed E-state index contributed by atoms with van der Waals surface area (Å²) in [6.45, 7) is 0. The minimum atomic E-state index is -0.999. The Balaban J connectivity index is 1.58. The third kappa shape index (κ3) is 6.03. The van der Waals surface area contributed by atoms with E-state index in [9.17, 15) is 39.9 Å². The maximum Gasteiger partial charge on any atom is 0.306 e. The predicted molar refractivity (Wildman–Crippen MR) is 145 cm³/mol. The fraction of sp³-hybridized carbons (Fsp3) is 0. The maximum absolute atomic E-state index is 13.1. The number of para-hydroxylation sites is 2. The summed E-state index contributed by atoms with van der Waals surface area (Å²) in [5, 5.41) is 42.3. The summed E-state index contributed by atoms with van der Waals surface area (Å²) in [6.07, 6.45) is 0. The average molecular weight is 542 g/mol. The van der Waals surface area contributed by atoms with E-state index in [2.05, 4.69) is 16.0 Å². The molecule has 0 saturated heterocycles. The summed E-state index contributed by atoms with van der Waals surface area (Å²) in [4.78, 5) is 56.9. The zero-order chi connectivity index (χ0) is 28.8. The van der Waals surface area contributed by atoms with Crippen molar-refractivity contribution in [2.45, 2.75) is 0 Å². The first-order valence-corrected chi connectivity index (χ1v) is 11.4. The molecule has 0 aliphatic carbocycles. The van der Waals surface area contributed by atoms with Gasteiger partial charge in [-0.05, 0) is 48.5 Å². The number of nitrogens with zero attached hydrogens (tertiary/aromatic N) is 3. The van der Waals surface area contributed by atoms with Crippen LogP contribution in [0, 0.1) is 30.3 Å². The molecule has 0 saturated carbocycles. The molecule has 14 heteroatoms. The molecule has 0 aliphatic heterocycles. The Morgan fingerprint density at radius 3 is 1.70 bits per heavy atom. The summed E-state index contributed by atoms with van der Waals surface area (Å²) >= 11 is 0. The van der Waals surface area contributed by atoms with Crippen molar-refractivity contribution in [3.05, 3.63) is 132 Å². The molecule has 40 heavy (non-hydrogen) atoms. The molecular weight excluding hydrogens is 524 g/mol. The quantitative estimate of drug-likeness (QED) is 0.176. The van der Waals surface area contributed by atoms with Crippen LogP contribution in [0.4, 0.5) is 39.8 Å². The number of carbonyl (C=O) groups is 2. The number of amides is 2. The van der Waals surface area contributed by atoms with Crippen molar-refractivity contribution in [1.82, 2.24) is 0 Å². The largest absolute Gasteiger partial charge is 0.344 e. The minimum absolute atomic E-state index is 0.0288. The van der Waals surface area contributed by atoms with Gasteiger partial charge in [0, 0.05) is 16.9 Å². The first-order valence-electron chi connectivity index (χ1n) is 11.4. The Labute approximate surface area is 224 Å². The van der Waals surface area contributed by atoms with Gasteiger partial charge in [-0.2, -0.15) is 0 Å². The van der Waals surface area contributed by atoms with Crippen LogP contribution in [0.3, 0.4) is 0 Å². The molecule has 0 aromatic heterocycles. The van der Waals surface area contributed by atoms with Gasteiger partial charge in [0.05, 0.1) is 38.2 Å². The van der Waals surface area contributed by atoms with Crippen LogP contribution in [0.25, 0.3) is 0 Å². The Morgan fingerprint density at radius 2 is 1.12 bits per heavy atom. The summed E-state index contributed by atoms with van der Waals surface area (Å²) in [6, 6.07) is 21.8. The highest BCUT2D eigenvalue weighted by Gasteiger charge is 2.31. The average Bonchev–Trinajstić information content (AvgIpc) is 2.93. The van der Waals surface area contributed by atoms with Gasteiger partial charge in [-0.3, -0.25) is 39.9 Å². The molecule has 4 aromatic rings. The number of rotatable bonds is 9. The van der Waals surface area contributed by atoms with Gasteiger partial charge in [-0.15, -0.1) is 0 Å². The van der Waals surface area contributed by atoms with E-state index in [1.807, 2.05) is 6.07 Å². The summed E-state index contributed by atoms with van der Waals surface area (Å²) in [5.41, 5.74) is -2.09. The lowest BCUT2D eigenvalue weighted by Crippen LogP contribution is -2.15. The molecule has 0 spiro atoms. The number of nitro benzene ring substituents is 3. The van der Waals surface area contributed by atoms with E-state index in [-0.39, 0.29) is 17.2 Å². The highest BCUT2D eigenvalue weighted by Crippen LogP contribution is 2.40. The van der Waals surface area contributed by atoms with Crippen molar-refractivity contribution in [2.75, 3.05) is 16.0 Å². The number of non-ortho nitro benzene ring substituents is 1. The number of hydrogen-bond donors (Lipinski definition) is 3. The lowest BCUT2D eigenvalue weighted by atomic mass is 10.1. The molecule has 0 heterocycles. The van der Waals surface area contributed by atoms with Gasteiger partial charge in [0.1, 0.15) is 0 Å². The SMILES string of the molecule is O=C(Nc1ccccc1)c1ccc(NC(=O)c2ccccc2Nc2c([N+](=O)[O-])cc([N+](=O)[O-])cc2[N+](=O)[O-])cc1.